The van der Waals surface area contributed by atoms with Crippen molar-refractivity contribution in [3.05, 3.63) is 18.5 Å². The average Bonchev–Trinajstić information content (AvgIpc) is 3.07. The Morgan fingerprint density at radius 3 is 2.82 bits per heavy atom. The number of halogens is 2. The molecule has 1 aromatic heterocycles. The predicted octanol–water partition coefficient (Wildman–Crippen LogP) is 2.33. The summed E-state index contributed by atoms with van der Waals surface area (Å²) in [5, 5.41) is 0. The standard InChI is InChI=1S/C12H14F2N2O/c13-12(14)7-16(8-12)10-5-15-4-3-11(10)17-6-9-1-2-9/h3-5,9H,1-2,6-8H2. The molecule has 2 heterocycles. The van der Waals surface area contributed by atoms with Gasteiger partial charge in [-0.05, 0) is 18.8 Å². The second-order valence-electron chi connectivity index (χ2n) is 4.81. The molecule has 1 aliphatic carbocycles. The van der Waals surface area contributed by atoms with Gasteiger partial charge < -0.3 is 9.64 Å². The molecule has 3 nitrogen and oxygen atoms in total. The van der Waals surface area contributed by atoms with E-state index in [0.29, 0.717) is 24.0 Å². The molecule has 0 spiro atoms. The van der Waals surface area contributed by atoms with E-state index in [1.54, 1.807) is 23.4 Å². The lowest BCUT2D eigenvalue weighted by Gasteiger charge is -2.40. The molecule has 17 heavy (non-hydrogen) atoms. The summed E-state index contributed by atoms with van der Waals surface area (Å²) < 4.78 is 31.3. The normalized spacial score (nSPS) is 22.1. The van der Waals surface area contributed by atoms with Crippen molar-refractivity contribution in [1.82, 2.24) is 4.98 Å². The molecule has 0 unspecified atom stereocenters. The first kappa shape index (κ1) is 10.7. The highest BCUT2D eigenvalue weighted by Crippen LogP contribution is 2.37. The monoisotopic (exact) mass is 240 g/mol. The molecule has 0 amide bonds. The predicted molar refractivity (Wildman–Crippen MR) is 59.6 cm³/mol. The molecule has 0 bridgehead atoms. The molecular formula is C12H14F2N2O. The van der Waals surface area contributed by atoms with Crippen molar-refractivity contribution in [2.75, 3.05) is 24.6 Å². The van der Waals surface area contributed by atoms with Crippen molar-refractivity contribution in [3.8, 4) is 5.75 Å². The lowest BCUT2D eigenvalue weighted by molar-refractivity contribution is -0.0265. The van der Waals surface area contributed by atoms with Crippen LogP contribution in [0.2, 0.25) is 0 Å². The van der Waals surface area contributed by atoms with Crippen LogP contribution in [0.5, 0.6) is 5.75 Å². The largest absolute Gasteiger partial charge is 0.491 e. The van der Waals surface area contributed by atoms with Crippen LogP contribution >= 0.6 is 0 Å². The topological polar surface area (TPSA) is 25.4 Å². The first-order valence-corrected chi connectivity index (χ1v) is 5.84. The van der Waals surface area contributed by atoms with Gasteiger partial charge in [-0.3, -0.25) is 4.98 Å². The number of ether oxygens (including phenoxy) is 1. The van der Waals surface area contributed by atoms with E-state index in [-0.39, 0.29) is 13.1 Å². The van der Waals surface area contributed by atoms with E-state index >= 15 is 0 Å². The summed E-state index contributed by atoms with van der Waals surface area (Å²) in [6, 6.07) is 1.74. The first-order chi connectivity index (χ1) is 8.14. The Morgan fingerprint density at radius 1 is 1.41 bits per heavy atom. The Bertz CT molecular complexity index is 413. The molecule has 0 N–H and O–H groups in total. The number of nitrogens with zero attached hydrogens (tertiary/aromatic N) is 2. The number of alkyl halides is 2. The van der Waals surface area contributed by atoms with Gasteiger partial charge in [0, 0.05) is 12.3 Å². The smallest absolute Gasteiger partial charge is 0.282 e. The van der Waals surface area contributed by atoms with Crippen molar-refractivity contribution in [1.29, 1.82) is 0 Å². The molecule has 1 aromatic rings. The molecule has 2 fully saturated rings. The van der Waals surface area contributed by atoms with Crippen molar-refractivity contribution < 1.29 is 13.5 Å². The maximum atomic E-state index is 12.8. The quantitative estimate of drug-likeness (QED) is 0.807. The molecule has 1 saturated carbocycles. The fourth-order valence-electron chi connectivity index (χ4n) is 1.91. The summed E-state index contributed by atoms with van der Waals surface area (Å²) in [6.07, 6.45) is 5.64. The average molecular weight is 240 g/mol. The third kappa shape index (κ3) is 2.33. The molecule has 0 atom stereocenters. The van der Waals surface area contributed by atoms with Gasteiger partial charge >= 0.3 is 0 Å². The Balaban J connectivity index is 1.69. The number of hydrogen-bond donors (Lipinski definition) is 0. The van der Waals surface area contributed by atoms with E-state index in [4.69, 9.17) is 4.74 Å². The Morgan fingerprint density at radius 2 is 2.18 bits per heavy atom. The zero-order valence-corrected chi connectivity index (χ0v) is 9.40. The minimum absolute atomic E-state index is 0.238. The van der Waals surface area contributed by atoms with Crippen LogP contribution in [0.15, 0.2) is 18.5 Å². The lowest BCUT2D eigenvalue weighted by Crippen LogP contribution is -2.56. The number of aromatic nitrogens is 1. The van der Waals surface area contributed by atoms with Gasteiger partial charge in [0.25, 0.3) is 5.92 Å². The molecule has 1 saturated heterocycles. The van der Waals surface area contributed by atoms with Crippen LogP contribution in [0.4, 0.5) is 14.5 Å². The highest BCUT2D eigenvalue weighted by molar-refractivity contribution is 5.59. The second kappa shape index (κ2) is 3.82. The molecule has 2 aliphatic rings. The summed E-state index contributed by atoms with van der Waals surface area (Å²) in [5.41, 5.74) is 0.680. The fraction of sp³-hybridized carbons (Fsp3) is 0.583. The molecule has 3 rings (SSSR count). The molecule has 0 radical (unpaired) electrons. The SMILES string of the molecule is FC1(F)CN(c2cnccc2OCC2CC2)C1. The number of hydrogen-bond acceptors (Lipinski definition) is 3. The van der Waals surface area contributed by atoms with Gasteiger partial charge in [0.05, 0.1) is 31.6 Å². The van der Waals surface area contributed by atoms with Crippen molar-refractivity contribution in [2.45, 2.75) is 18.8 Å². The summed E-state index contributed by atoms with van der Waals surface area (Å²) in [7, 11) is 0. The van der Waals surface area contributed by atoms with Crippen LogP contribution in [0.3, 0.4) is 0 Å². The molecule has 92 valence electrons. The maximum Gasteiger partial charge on any atom is 0.282 e. The molecule has 5 heteroatoms. The van der Waals surface area contributed by atoms with Gasteiger partial charge in [-0.2, -0.15) is 0 Å². The van der Waals surface area contributed by atoms with Crippen LogP contribution < -0.4 is 9.64 Å². The third-order valence-electron chi connectivity index (χ3n) is 3.12. The van der Waals surface area contributed by atoms with Gasteiger partial charge in [-0.15, -0.1) is 0 Å². The summed E-state index contributed by atoms with van der Waals surface area (Å²) in [4.78, 5) is 5.58. The summed E-state index contributed by atoms with van der Waals surface area (Å²) in [6.45, 7) is 0.207. The zero-order valence-electron chi connectivity index (χ0n) is 9.40. The van der Waals surface area contributed by atoms with Crippen LogP contribution in [-0.2, 0) is 0 Å². The summed E-state index contributed by atoms with van der Waals surface area (Å²) in [5.74, 6) is -1.25. The lowest BCUT2D eigenvalue weighted by atomic mass is 10.1. The summed E-state index contributed by atoms with van der Waals surface area (Å²) >= 11 is 0. The number of pyridine rings is 1. The van der Waals surface area contributed by atoms with E-state index in [9.17, 15) is 8.78 Å². The van der Waals surface area contributed by atoms with E-state index < -0.39 is 5.92 Å². The van der Waals surface area contributed by atoms with Crippen LogP contribution in [0, 0.1) is 5.92 Å². The zero-order chi connectivity index (χ0) is 11.9. The Kier molecular flexibility index (Phi) is 2.42. The van der Waals surface area contributed by atoms with E-state index in [1.165, 1.54) is 12.8 Å². The van der Waals surface area contributed by atoms with Crippen molar-refractivity contribution >= 4 is 5.69 Å². The van der Waals surface area contributed by atoms with Crippen LogP contribution in [-0.4, -0.2) is 30.6 Å². The number of anilines is 1. The van der Waals surface area contributed by atoms with Gasteiger partial charge in [0.2, 0.25) is 0 Å². The van der Waals surface area contributed by atoms with Gasteiger partial charge in [-0.25, -0.2) is 8.78 Å². The fourth-order valence-corrected chi connectivity index (χ4v) is 1.91. The Labute approximate surface area is 98.4 Å². The Hall–Kier alpha value is -1.39. The third-order valence-corrected chi connectivity index (χ3v) is 3.12. The van der Waals surface area contributed by atoms with Crippen molar-refractivity contribution in [3.63, 3.8) is 0 Å². The van der Waals surface area contributed by atoms with Crippen LogP contribution in [0.25, 0.3) is 0 Å². The van der Waals surface area contributed by atoms with Crippen molar-refractivity contribution in [2.24, 2.45) is 5.92 Å². The maximum absolute atomic E-state index is 12.8. The molecule has 1 aliphatic heterocycles. The highest BCUT2D eigenvalue weighted by atomic mass is 19.3. The van der Waals surface area contributed by atoms with E-state index in [2.05, 4.69) is 4.98 Å². The van der Waals surface area contributed by atoms with Gasteiger partial charge in [0.15, 0.2) is 0 Å². The minimum atomic E-state index is -2.57. The number of rotatable bonds is 4. The highest BCUT2D eigenvalue weighted by Gasteiger charge is 2.44. The van der Waals surface area contributed by atoms with E-state index in [1.807, 2.05) is 0 Å². The van der Waals surface area contributed by atoms with Gasteiger partial charge in [0.1, 0.15) is 5.75 Å². The minimum Gasteiger partial charge on any atom is -0.491 e. The first-order valence-electron chi connectivity index (χ1n) is 5.84. The second-order valence-corrected chi connectivity index (χ2v) is 4.81. The van der Waals surface area contributed by atoms with Gasteiger partial charge in [-0.1, -0.05) is 0 Å². The molecule has 0 aromatic carbocycles. The van der Waals surface area contributed by atoms with E-state index in [0.717, 1.165) is 0 Å². The molecular weight excluding hydrogens is 226 g/mol. The van der Waals surface area contributed by atoms with Crippen LogP contribution in [0.1, 0.15) is 12.8 Å².